The van der Waals surface area contributed by atoms with Crippen molar-refractivity contribution < 1.29 is 32.1 Å². The maximum absolute atomic E-state index is 12.2. The molecule has 2 aromatic rings. The Morgan fingerprint density at radius 2 is 1.86 bits per heavy atom. The second kappa shape index (κ2) is 9.54. The van der Waals surface area contributed by atoms with Crippen LogP contribution in [0.15, 0.2) is 52.8 Å². The van der Waals surface area contributed by atoms with Crippen LogP contribution in [0.5, 0.6) is 11.5 Å². The van der Waals surface area contributed by atoms with Crippen LogP contribution < -0.4 is 9.47 Å². The molecule has 1 aromatic carbocycles. The number of aromatic nitrogens is 1. The predicted molar refractivity (Wildman–Crippen MR) is 97.2 cm³/mol. The van der Waals surface area contributed by atoms with Gasteiger partial charge in [0.2, 0.25) is 5.90 Å². The Morgan fingerprint density at radius 3 is 2.36 bits per heavy atom. The lowest BCUT2D eigenvalue weighted by molar-refractivity contribution is -0.274. The Morgan fingerprint density at radius 1 is 1.21 bits per heavy atom. The lowest BCUT2D eigenvalue weighted by Gasteiger charge is -2.14. The van der Waals surface area contributed by atoms with E-state index in [1.54, 1.807) is 26.0 Å². The summed E-state index contributed by atoms with van der Waals surface area (Å²) in [5.74, 6) is 0.248. The molecule has 0 amide bonds. The summed E-state index contributed by atoms with van der Waals surface area (Å²) in [4.78, 5) is 4.05. The molecule has 28 heavy (non-hydrogen) atoms. The molecule has 0 radical (unpaired) electrons. The van der Waals surface area contributed by atoms with Crippen molar-refractivity contribution in [3.63, 3.8) is 0 Å². The third-order valence-electron chi connectivity index (χ3n) is 3.72. The minimum atomic E-state index is -4.75. The molecule has 10 heteroatoms. The van der Waals surface area contributed by atoms with E-state index in [1.165, 1.54) is 30.5 Å². The fraction of sp³-hybridized carbons (Fsp3) is 0.333. The second-order valence-corrected chi connectivity index (χ2v) is 7.47. The number of nitrogens with zero attached hydrogens (tertiary/aromatic N) is 2. The van der Waals surface area contributed by atoms with E-state index in [9.17, 15) is 22.6 Å². The molecule has 2 rings (SSSR count). The van der Waals surface area contributed by atoms with E-state index in [4.69, 9.17) is 4.74 Å². The van der Waals surface area contributed by atoms with Crippen molar-refractivity contribution in [3.05, 3.63) is 48.2 Å². The molecule has 0 saturated heterocycles. The quantitative estimate of drug-likeness (QED) is 0.312. The zero-order valence-corrected chi connectivity index (χ0v) is 16.0. The summed E-state index contributed by atoms with van der Waals surface area (Å²) in [5.41, 5.74) is 0.714. The summed E-state index contributed by atoms with van der Waals surface area (Å²) in [7, 11) is -1.18. The van der Waals surface area contributed by atoms with Gasteiger partial charge in [0.1, 0.15) is 16.5 Å². The highest BCUT2D eigenvalue weighted by Gasteiger charge is 2.31. The lowest BCUT2D eigenvalue weighted by Crippen LogP contribution is -2.17. The molecule has 152 valence electrons. The summed E-state index contributed by atoms with van der Waals surface area (Å²) in [6.07, 6.45) is -3.17. The summed E-state index contributed by atoms with van der Waals surface area (Å²) in [5, 5.41) is 12.7. The molecule has 1 aromatic heterocycles. The fourth-order valence-electron chi connectivity index (χ4n) is 2.33. The number of pyridine rings is 1. The molecule has 1 N–H and O–H groups in total. The smallest absolute Gasteiger partial charge is 0.438 e. The standard InChI is InChI=1S/C18H19F3N2O4S/c1-3-28(25)17-9-8-15(11-22-17)26-16(23-24)10-12(2)13-4-6-14(7-5-13)27-18(19,20)21/h4-9,11-12,24H,3,10H2,1-2H3/b23-16+. The first-order valence-electron chi connectivity index (χ1n) is 8.30. The SMILES string of the molecule is CCS(=O)c1ccc(O/C(CC(C)c2ccc(OC(F)(F)F)cc2)=N/O)cn1. The van der Waals surface area contributed by atoms with Crippen LogP contribution in [0, 0.1) is 0 Å². The monoisotopic (exact) mass is 416 g/mol. The zero-order chi connectivity index (χ0) is 20.7. The summed E-state index contributed by atoms with van der Waals surface area (Å²) < 4.78 is 57.6. The topological polar surface area (TPSA) is 81.0 Å². The van der Waals surface area contributed by atoms with E-state index in [2.05, 4.69) is 14.9 Å². The molecule has 0 aliphatic rings. The van der Waals surface area contributed by atoms with Crippen LogP contribution in [0.1, 0.15) is 31.7 Å². The van der Waals surface area contributed by atoms with Crippen LogP contribution in [0.3, 0.4) is 0 Å². The molecule has 6 nitrogen and oxygen atoms in total. The molecule has 0 bridgehead atoms. The van der Waals surface area contributed by atoms with Gasteiger partial charge in [-0.1, -0.05) is 31.1 Å². The average molecular weight is 416 g/mol. The van der Waals surface area contributed by atoms with Crippen molar-refractivity contribution in [1.29, 1.82) is 0 Å². The summed E-state index contributed by atoms with van der Waals surface area (Å²) >= 11 is 0. The van der Waals surface area contributed by atoms with Gasteiger partial charge in [-0.05, 0) is 35.7 Å². The van der Waals surface area contributed by atoms with E-state index >= 15 is 0 Å². The number of oxime groups is 1. The molecule has 0 spiro atoms. The minimum Gasteiger partial charge on any atom is -0.438 e. The lowest BCUT2D eigenvalue weighted by atomic mass is 9.98. The van der Waals surface area contributed by atoms with Gasteiger partial charge in [-0.3, -0.25) is 4.21 Å². The van der Waals surface area contributed by atoms with Gasteiger partial charge in [0.15, 0.2) is 0 Å². The van der Waals surface area contributed by atoms with E-state index in [0.717, 1.165) is 0 Å². The zero-order valence-electron chi connectivity index (χ0n) is 15.1. The third kappa shape index (κ3) is 6.52. The molecule has 1 heterocycles. The number of ether oxygens (including phenoxy) is 2. The average Bonchev–Trinajstić information content (AvgIpc) is 2.66. The van der Waals surface area contributed by atoms with E-state index in [-0.39, 0.29) is 24.0 Å². The number of hydrogen-bond donors (Lipinski definition) is 1. The maximum atomic E-state index is 12.2. The Hall–Kier alpha value is -2.62. The normalized spacial score (nSPS) is 14.4. The van der Waals surface area contributed by atoms with Gasteiger partial charge in [-0.2, -0.15) is 0 Å². The Bertz CT molecular complexity index is 824. The van der Waals surface area contributed by atoms with E-state index in [0.29, 0.717) is 22.1 Å². The van der Waals surface area contributed by atoms with Gasteiger partial charge in [0, 0.05) is 12.2 Å². The highest BCUT2D eigenvalue weighted by Crippen LogP contribution is 2.26. The minimum absolute atomic E-state index is 0.00859. The van der Waals surface area contributed by atoms with Crippen LogP contribution in [-0.2, 0) is 10.8 Å². The van der Waals surface area contributed by atoms with E-state index in [1.807, 2.05) is 0 Å². The van der Waals surface area contributed by atoms with Gasteiger partial charge in [0.05, 0.1) is 17.0 Å². The van der Waals surface area contributed by atoms with Gasteiger partial charge in [0.25, 0.3) is 0 Å². The fourth-order valence-corrected chi connectivity index (χ4v) is 3.01. The van der Waals surface area contributed by atoms with E-state index < -0.39 is 17.2 Å². The first-order chi connectivity index (χ1) is 13.2. The van der Waals surface area contributed by atoms with Crippen LogP contribution in [0.4, 0.5) is 13.2 Å². The molecule has 0 saturated carbocycles. The van der Waals surface area contributed by atoms with Crippen molar-refractivity contribution in [2.45, 2.75) is 37.6 Å². The highest BCUT2D eigenvalue weighted by molar-refractivity contribution is 7.84. The highest BCUT2D eigenvalue weighted by atomic mass is 32.2. The van der Waals surface area contributed by atoms with Crippen molar-refractivity contribution in [1.82, 2.24) is 4.98 Å². The Kier molecular flexibility index (Phi) is 7.38. The number of benzene rings is 1. The Labute approximate surface area is 162 Å². The number of alkyl halides is 3. The number of halogens is 3. The molecule has 0 fully saturated rings. The van der Waals surface area contributed by atoms with Crippen molar-refractivity contribution >= 4 is 16.7 Å². The van der Waals surface area contributed by atoms with Gasteiger partial charge >= 0.3 is 6.36 Å². The largest absolute Gasteiger partial charge is 0.573 e. The molecular weight excluding hydrogens is 397 g/mol. The van der Waals surface area contributed by atoms with Crippen molar-refractivity contribution in [2.75, 3.05) is 5.75 Å². The van der Waals surface area contributed by atoms with Crippen LogP contribution in [0.2, 0.25) is 0 Å². The first-order valence-corrected chi connectivity index (χ1v) is 9.62. The molecule has 2 atom stereocenters. The van der Waals surface area contributed by atoms with Gasteiger partial charge < -0.3 is 14.7 Å². The van der Waals surface area contributed by atoms with Crippen LogP contribution in [-0.4, -0.2) is 32.4 Å². The predicted octanol–water partition coefficient (Wildman–Crippen LogP) is 4.47. The number of hydrogen-bond acceptors (Lipinski definition) is 6. The third-order valence-corrected chi connectivity index (χ3v) is 4.95. The Balaban J connectivity index is 1.99. The van der Waals surface area contributed by atoms with Crippen molar-refractivity contribution in [2.24, 2.45) is 5.16 Å². The van der Waals surface area contributed by atoms with Crippen LogP contribution in [0.25, 0.3) is 0 Å². The number of rotatable bonds is 7. The first kappa shape index (κ1) is 21.7. The second-order valence-electron chi connectivity index (χ2n) is 5.78. The van der Waals surface area contributed by atoms with Crippen LogP contribution >= 0.6 is 0 Å². The molecular formula is C18H19F3N2O4S. The van der Waals surface area contributed by atoms with Gasteiger partial charge in [-0.15, -0.1) is 13.2 Å². The maximum Gasteiger partial charge on any atom is 0.573 e. The molecule has 2 unspecified atom stereocenters. The molecule has 0 aliphatic heterocycles. The molecule has 0 aliphatic carbocycles. The summed E-state index contributed by atoms with van der Waals surface area (Å²) in [6, 6.07) is 8.55. The van der Waals surface area contributed by atoms with Crippen molar-refractivity contribution in [3.8, 4) is 11.5 Å². The summed E-state index contributed by atoms with van der Waals surface area (Å²) in [6.45, 7) is 3.59. The van der Waals surface area contributed by atoms with Gasteiger partial charge in [-0.25, -0.2) is 4.98 Å².